The summed E-state index contributed by atoms with van der Waals surface area (Å²) in [4.78, 5) is 12.2. The zero-order chi connectivity index (χ0) is 22.8. The van der Waals surface area contributed by atoms with Gasteiger partial charge in [-0.2, -0.15) is 5.26 Å². The largest absolute Gasteiger partial charge is 0.384 e. The van der Waals surface area contributed by atoms with Gasteiger partial charge in [-0.15, -0.1) is 0 Å². The fraction of sp³-hybridized carbons (Fsp3) is 0.160. The van der Waals surface area contributed by atoms with Gasteiger partial charge in [0.15, 0.2) is 0 Å². The molecule has 7 heteroatoms. The molecule has 0 spiro atoms. The quantitative estimate of drug-likeness (QED) is 0.171. The molecule has 0 fully saturated rings. The van der Waals surface area contributed by atoms with Crippen molar-refractivity contribution in [3.05, 3.63) is 106 Å². The number of rotatable bonds is 10. The van der Waals surface area contributed by atoms with Gasteiger partial charge in [0.1, 0.15) is 5.84 Å². The maximum atomic E-state index is 12.2. The number of nitrogen functional groups attached to an aromatic ring is 1. The minimum Gasteiger partial charge on any atom is -0.384 e. The van der Waals surface area contributed by atoms with E-state index in [1.807, 2.05) is 54.6 Å². The van der Waals surface area contributed by atoms with Crippen LogP contribution in [0.1, 0.15) is 38.2 Å². The highest BCUT2D eigenvalue weighted by Crippen LogP contribution is 2.08. The van der Waals surface area contributed by atoms with E-state index in [4.69, 9.17) is 21.1 Å². The number of amidine groups is 1. The van der Waals surface area contributed by atoms with Crippen molar-refractivity contribution >= 4 is 11.7 Å². The zero-order valence-electron chi connectivity index (χ0n) is 17.6. The molecule has 0 aliphatic heterocycles. The number of carbonyl (C=O) groups is 1. The third-order valence-electron chi connectivity index (χ3n) is 4.82. The summed E-state index contributed by atoms with van der Waals surface area (Å²) in [6.45, 7) is 1.98. The number of carbonyl (C=O) groups excluding carboxylic acids is 1. The number of nitrogens with zero attached hydrogens (tertiary/aromatic N) is 1. The van der Waals surface area contributed by atoms with Crippen LogP contribution in [0.2, 0.25) is 0 Å². The molecule has 162 valence electrons. The average molecular weight is 428 g/mol. The van der Waals surface area contributed by atoms with Gasteiger partial charge in [0, 0.05) is 24.2 Å². The van der Waals surface area contributed by atoms with Gasteiger partial charge in [0.05, 0.1) is 25.0 Å². The Bertz CT molecular complexity index is 1090. The number of amides is 1. The van der Waals surface area contributed by atoms with Gasteiger partial charge in [-0.05, 0) is 41.0 Å². The lowest BCUT2D eigenvalue weighted by molar-refractivity contribution is 0.0950. The van der Waals surface area contributed by atoms with Gasteiger partial charge < -0.3 is 15.8 Å². The van der Waals surface area contributed by atoms with Crippen LogP contribution in [0.3, 0.4) is 0 Å². The van der Waals surface area contributed by atoms with Gasteiger partial charge >= 0.3 is 0 Å². The van der Waals surface area contributed by atoms with Crippen molar-refractivity contribution in [2.75, 3.05) is 6.73 Å². The predicted octanol–water partition coefficient (Wildman–Crippen LogP) is 3.04. The molecule has 3 aromatic carbocycles. The molecule has 3 rings (SSSR count). The van der Waals surface area contributed by atoms with Crippen LogP contribution in [0.15, 0.2) is 72.8 Å². The van der Waals surface area contributed by atoms with Gasteiger partial charge in [-0.25, -0.2) is 0 Å². The fourth-order valence-corrected chi connectivity index (χ4v) is 2.97. The Balaban J connectivity index is 1.35. The minimum atomic E-state index is -0.177. The molecular weight excluding hydrogens is 402 g/mol. The van der Waals surface area contributed by atoms with Crippen LogP contribution in [0.5, 0.6) is 0 Å². The maximum absolute atomic E-state index is 12.2. The van der Waals surface area contributed by atoms with E-state index >= 15 is 0 Å². The summed E-state index contributed by atoms with van der Waals surface area (Å²) < 4.78 is 5.66. The second-order valence-corrected chi connectivity index (χ2v) is 7.22. The van der Waals surface area contributed by atoms with Gasteiger partial charge in [-0.1, -0.05) is 48.5 Å². The molecule has 0 saturated carbocycles. The Morgan fingerprint density at radius 1 is 0.875 bits per heavy atom. The molecule has 3 aromatic rings. The molecule has 0 atom stereocenters. The van der Waals surface area contributed by atoms with Crippen molar-refractivity contribution in [3.8, 4) is 6.07 Å². The summed E-state index contributed by atoms with van der Waals surface area (Å²) in [7, 11) is 0. The molecule has 0 radical (unpaired) electrons. The average Bonchev–Trinajstić information content (AvgIpc) is 2.83. The molecule has 5 N–H and O–H groups in total. The smallest absolute Gasteiger partial charge is 0.251 e. The first-order valence-electron chi connectivity index (χ1n) is 10.1. The van der Waals surface area contributed by atoms with Crippen LogP contribution in [0, 0.1) is 16.7 Å². The first-order valence-corrected chi connectivity index (χ1v) is 10.1. The number of nitrogens with two attached hydrogens (primary N) is 1. The van der Waals surface area contributed by atoms with Crippen LogP contribution in [-0.4, -0.2) is 18.5 Å². The monoisotopic (exact) mass is 427 g/mol. The number of ether oxygens (including phenoxy) is 1. The first kappa shape index (κ1) is 22.7. The van der Waals surface area contributed by atoms with E-state index < -0.39 is 0 Å². The standard InChI is InChI=1S/C25H25N5O2/c26-13-18-5-11-23(12-6-18)25(31)30-15-20-1-3-21(4-2-20)16-32-17-29-14-19-7-9-22(10-8-19)24(27)28/h1-12,29H,14-17H2,(H3,27,28)(H,30,31). The van der Waals surface area contributed by atoms with Crippen molar-refractivity contribution in [2.45, 2.75) is 19.7 Å². The topological polar surface area (TPSA) is 124 Å². The molecule has 0 aliphatic carbocycles. The van der Waals surface area contributed by atoms with Gasteiger partial charge in [0.2, 0.25) is 0 Å². The van der Waals surface area contributed by atoms with Crippen LogP contribution in [-0.2, 0) is 24.4 Å². The molecule has 1 amide bonds. The summed E-state index contributed by atoms with van der Waals surface area (Å²) in [6, 6.07) is 24.0. The highest BCUT2D eigenvalue weighted by atomic mass is 16.5. The number of nitrogens with one attached hydrogen (secondary N) is 3. The summed E-state index contributed by atoms with van der Waals surface area (Å²) >= 11 is 0. The molecule has 0 bridgehead atoms. The Labute approximate surface area is 187 Å². The molecule has 0 unspecified atom stereocenters. The van der Waals surface area contributed by atoms with Crippen molar-refractivity contribution in [1.82, 2.24) is 10.6 Å². The Hall–Kier alpha value is -3.99. The van der Waals surface area contributed by atoms with E-state index in [2.05, 4.69) is 10.6 Å². The normalized spacial score (nSPS) is 10.3. The van der Waals surface area contributed by atoms with Gasteiger partial charge in [0.25, 0.3) is 5.91 Å². The molecule has 7 nitrogen and oxygen atoms in total. The Kier molecular flexibility index (Phi) is 8.09. The van der Waals surface area contributed by atoms with E-state index in [0.717, 1.165) is 16.7 Å². The summed E-state index contributed by atoms with van der Waals surface area (Å²) in [5.74, 6) is -0.114. The zero-order valence-corrected chi connectivity index (χ0v) is 17.6. The van der Waals surface area contributed by atoms with E-state index in [1.54, 1.807) is 24.3 Å². The minimum absolute atomic E-state index is 0.0625. The molecule has 0 saturated heterocycles. The van der Waals surface area contributed by atoms with Crippen LogP contribution < -0.4 is 16.4 Å². The van der Waals surface area contributed by atoms with Gasteiger partial charge in [-0.3, -0.25) is 15.5 Å². The lowest BCUT2D eigenvalue weighted by Crippen LogP contribution is -2.22. The molecule has 32 heavy (non-hydrogen) atoms. The first-order chi connectivity index (χ1) is 15.5. The number of hydrogen-bond donors (Lipinski definition) is 4. The maximum Gasteiger partial charge on any atom is 0.251 e. The SMILES string of the molecule is N#Cc1ccc(C(=O)NCc2ccc(COCNCc3ccc(C(=N)N)cc3)cc2)cc1. The van der Waals surface area contributed by atoms with Crippen molar-refractivity contribution in [1.29, 1.82) is 10.7 Å². The van der Waals surface area contributed by atoms with Crippen molar-refractivity contribution in [2.24, 2.45) is 5.73 Å². The highest BCUT2D eigenvalue weighted by molar-refractivity contribution is 5.95. The van der Waals surface area contributed by atoms with Crippen molar-refractivity contribution < 1.29 is 9.53 Å². The highest BCUT2D eigenvalue weighted by Gasteiger charge is 2.05. The van der Waals surface area contributed by atoms with Crippen LogP contribution >= 0.6 is 0 Å². The van der Waals surface area contributed by atoms with Crippen molar-refractivity contribution in [3.63, 3.8) is 0 Å². The third kappa shape index (κ3) is 6.77. The number of benzene rings is 3. The van der Waals surface area contributed by atoms with E-state index in [0.29, 0.717) is 43.1 Å². The molecule has 0 aromatic heterocycles. The fourth-order valence-electron chi connectivity index (χ4n) is 2.97. The summed E-state index contributed by atoms with van der Waals surface area (Å²) in [5.41, 5.74) is 10.3. The lowest BCUT2D eigenvalue weighted by Gasteiger charge is -2.09. The van der Waals surface area contributed by atoms with Crippen LogP contribution in [0.4, 0.5) is 0 Å². The van der Waals surface area contributed by atoms with Crippen LogP contribution in [0.25, 0.3) is 0 Å². The Morgan fingerprint density at radius 3 is 2.06 bits per heavy atom. The summed E-state index contributed by atoms with van der Waals surface area (Å²) in [6.07, 6.45) is 0. The number of nitriles is 1. The van der Waals surface area contributed by atoms with E-state index in [-0.39, 0.29) is 11.7 Å². The Morgan fingerprint density at radius 2 is 1.44 bits per heavy atom. The summed E-state index contributed by atoms with van der Waals surface area (Å²) in [5, 5.41) is 22.3. The second kappa shape index (κ2) is 11.4. The second-order valence-electron chi connectivity index (χ2n) is 7.22. The molecule has 0 aliphatic rings. The lowest BCUT2D eigenvalue weighted by atomic mass is 10.1. The predicted molar refractivity (Wildman–Crippen MR) is 123 cm³/mol. The molecular formula is C25H25N5O2. The van der Waals surface area contributed by atoms with E-state index in [1.165, 1.54) is 0 Å². The molecule has 0 heterocycles. The van der Waals surface area contributed by atoms with E-state index in [9.17, 15) is 4.79 Å². The number of hydrogen-bond acceptors (Lipinski definition) is 5. The third-order valence-corrected chi connectivity index (χ3v) is 4.82.